The van der Waals surface area contributed by atoms with Gasteiger partial charge in [-0.25, -0.2) is 9.78 Å². The van der Waals surface area contributed by atoms with E-state index in [1.54, 1.807) is 6.20 Å². The lowest BCUT2D eigenvalue weighted by Gasteiger charge is -2.32. The second-order valence-corrected chi connectivity index (χ2v) is 5.55. The maximum atomic E-state index is 11.4. The Bertz CT molecular complexity index is 424. The van der Waals surface area contributed by atoms with Crippen LogP contribution < -0.4 is 4.90 Å². The van der Waals surface area contributed by atoms with Crippen molar-refractivity contribution >= 4 is 11.9 Å². The zero-order valence-electron chi connectivity index (χ0n) is 11.6. The van der Waals surface area contributed by atoms with Crippen molar-refractivity contribution < 1.29 is 9.90 Å². The number of hydrogen-bond acceptors (Lipinski definition) is 3. The van der Waals surface area contributed by atoms with Gasteiger partial charge >= 0.3 is 6.09 Å². The van der Waals surface area contributed by atoms with Crippen LogP contribution >= 0.6 is 0 Å². The Morgan fingerprint density at radius 2 is 2.00 bits per heavy atom. The van der Waals surface area contributed by atoms with Crippen LogP contribution in [0.2, 0.25) is 0 Å². The molecule has 0 radical (unpaired) electrons. The highest BCUT2D eigenvalue weighted by molar-refractivity contribution is 5.86. The van der Waals surface area contributed by atoms with Crippen LogP contribution in [-0.4, -0.2) is 40.7 Å². The third-order valence-electron chi connectivity index (χ3n) is 2.40. The summed E-state index contributed by atoms with van der Waals surface area (Å²) in [5.41, 5.74) is 0.524. The zero-order chi connectivity index (χ0) is 13.9. The fourth-order valence-corrected chi connectivity index (χ4v) is 1.77. The van der Waals surface area contributed by atoms with Gasteiger partial charge in [0.25, 0.3) is 0 Å². The number of pyridine rings is 1. The summed E-state index contributed by atoms with van der Waals surface area (Å²) < 4.78 is 0. The van der Waals surface area contributed by atoms with E-state index in [4.69, 9.17) is 0 Å². The van der Waals surface area contributed by atoms with Gasteiger partial charge in [-0.15, -0.1) is 0 Å². The van der Waals surface area contributed by atoms with Crippen LogP contribution in [0.15, 0.2) is 18.3 Å². The molecular weight excluding hydrogens is 230 g/mol. The molecule has 1 N–H and O–H groups in total. The van der Waals surface area contributed by atoms with Gasteiger partial charge < -0.3 is 10.0 Å². The summed E-state index contributed by atoms with van der Waals surface area (Å²) in [6.07, 6.45) is 0.660. The monoisotopic (exact) mass is 251 g/mol. The van der Waals surface area contributed by atoms with Crippen LogP contribution in [0.25, 0.3) is 0 Å². The van der Waals surface area contributed by atoms with E-state index in [9.17, 15) is 9.90 Å². The summed E-state index contributed by atoms with van der Waals surface area (Å²) in [7, 11) is 3.94. The lowest BCUT2D eigenvalue weighted by Crippen LogP contribution is -2.45. The first-order valence-corrected chi connectivity index (χ1v) is 5.84. The number of carboxylic acid groups (broad SMARTS) is 1. The Labute approximate surface area is 108 Å². The minimum Gasteiger partial charge on any atom is -0.465 e. The molecule has 0 unspecified atom stereocenters. The molecule has 0 bridgehead atoms. The molecule has 1 amide bonds. The molecule has 1 rings (SSSR count). The Balaban J connectivity index is 3.10. The van der Waals surface area contributed by atoms with Gasteiger partial charge in [0.05, 0.1) is 0 Å². The maximum Gasteiger partial charge on any atom is 0.413 e. The first-order valence-electron chi connectivity index (χ1n) is 5.84. The van der Waals surface area contributed by atoms with Gasteiger partial charge in [0.1, 0.15) is 5.82 Å². The Hall–Kier alpha value is -1.62. The normalized spacial score (nSPS) is 11.7. The van der Waals surface area contributed by atoms with Gasteiger partial charge in [-0.2, -0.15) is 0 Å². The molecule has 1 heterocycles. The molecular formula is C13H21N3O2. The number of amides is 1. The fourth-order valence-electron chi connectivity index (χ4n) is 1.77. The van der Waals surface area contributed by atoms with E-state index in [1.807, 2.05) is 51.9 Å². The van der Waals surface area contributed by atoms with Crippen molar-refractivity contribution in [2.45, 2.75) is 32.9 Å². The average molecular weight is 251 g/mol. The maximum absolute atomic E-state index is 11.4. The van der Waals surface area contributed by atoms with E-state index < -0.39 is 11.6 Å². The van der Waals surface area contributed by atoms with Gasteiger partial charge in [0, 0.05) is 18.3 Å². The Kier molecular flexibility index (Phi) is 4.29. The van der Waals surface area contributed by atoms with Gasteiger partial charge in [-0.3, -0.25) is 4.90 Å². The standard InChI is InChI=1S/C13H21N3O2/c1-13(2,3)16(12(17)18)11-8-10(6-7-14-11)9-15(4)5/h6-8H,9H2,1-5H3,(H,17,18). The number of carbonyl (C=O) groups is 1. The van der Waals surface area contributed by atoms with Crippen LogP contribution in [0.1, 0.15) is 26.3 Å². The molecule has 0 saturated heterocycles. The smallest absolute Gasteiger partial charge is 0.413 e. The van der Waals surface area contributed by atoms with Gasteiger partial charge in [0.2, 0.25) is 0 Å². The lowest BCUT2D eigenvalue weighted by atomic mass is 10.1. The lowest BCUT2D eigenvalue weighted by molar-refractivity contribution is 0.195. The molecule has 5 heteroatoms. The average Bonchev–Trinajstić information content (AvgIpc) is 2.13. The summed E-state index contributed by atoms with van der Waals surface area (Å²) in [5, 5.41) is 9.31. The van der Waals surface area contributed by atoms with E-state index in [1.165, 1.54) is 4.90 Å². The predicted octanol–water partition coefficient (Wildman–Crippen LogP) is 2.43. The number of nitrogens with zero attached hydrogens (tertiary/aromatic N) is 3. The Morgan fingerprint density at radius 3 is 2.44 bits per heavy atom. The first kappa shape index (κ1) is 14.4. The largest absolute Gasteiger partial charge is 0.465 e. The predicted molar refractivity (Wildman–Crippen MR) is 71.9 cm³/mol. The molecule has 0 spiro atoms. The molecule has 0 aliphatic rings. The van der Waals surface area contributed by atoms with Crippen molar-refractivity contribution in [2.24, 2.45) is 0 Å². The zero-order valence-corrected chi connectivity index (χ0v) is 11.6. The second-order valence-electron chi connectivity index (χ2n) is 5.55. The van der Waals surface area contributed by atoms with Crippen molar-refractivity contribution in [1.29, 1.82) is 0 Å². The Morgan fingerprint density at radius 1 is 1.39 bits per heavy atom. The van der Waals surface area contributed by atoms with Gasteiger partial charge in [-0.1, -0.05) is 0 Å². The number of rotatable bonds is 3. The second kappa shape index (κ2) is 5.35. The van der Waals surface area contributed by atoms with Gasteiger partial charge in [-0.05, 0) is 52.6 Å². The molecule has 1 aromatic rings. The van der Waals surface area contributed by atoms with Gasteiger partial charge in [0.15, 0.2) is 0 Å². The SMILES string of the molecule is CN(C)Cc1ccnc(N(C(=O)O)C(C)(C)C)c1. The summed E-state index contributed by atoms with van der Waals surface area (Å²) >= 11 is 0. The molecule has 0 atom stereocenters. The molecule has 0 fully saturated rings. The highest BCUT2D eigenvalue weighted by atomic mass is 16.4. The van der Waals surface area contributed by atoms with E-state index in [2.05, 4.69) is 4.98 Å². The van der Waals surface area contributed by atoms with Crippen molar-refractivity contribution in [3.8, 4) is 0 Å². The summed E-state index contributed by atoms with van der Waals surface area (Å²) in [5.74, 6) is 0.467. The van der Waals surface area contributed by atoms with E-state index >= 15 is 0 Å². The minimum absolute atomic E-state index is 0.467. The van der Waals surface area contributed by atoms with E-state index in [-0.39, 0.29) is 0 Å². The van der Waals surface area contributed by atoms with Crippen molar-refractivity contribution in [3.05, 3.63) is 23.9 Å². The fraction of sp³-hybridized carbons (Fsp3) is 0.538. The molecule has 0 aromatic carbocycles. The molecule has 0 saturated carbocycles. The molecule has 0 aliphatic carbocycles. The summed E-state index contributed by atoms with van der Waals surface area (Å²) in [6.45, 7) is 6.30. The molecule has 5 nitrogen and oxygen atoms in total. The third-order valence-corrected chi connectivity index (χ3v) is 2.40. The molecule has 100 valence electrons. The van der Waals surface area contributed by atoms with Crippen LogP contribution in [0.3, 0.4) is 0 Å². The summed E-state index contributed by atoms with van der Waals surface area (Å²) in [4.78, 5) is 18.8. The van der Waals surface area contributed by atoms with Crippen LogP contribution in [0.4, 0.5) is 10.6 Å². The highest BCUT2D eigenvalue weighted by Gasteiger charge is 2.28. The highest BCUT2D eigenvalue weighted by Crippen LogP contribution is 2.22. The van der Waals surface area contributed by atoms with Crippen molar-refractivity contribution in [1.82, 2.24) is 9.88 Å². The van der Waals surface area contributed by atoms with E-state index in [0.717, 1.165) is 12.1 Å². The van der Waals surface area contributed by atoms with Crippen molar-refractivity contribution in [3.63, 3.8) is 0 Å². The summed E-state index contributed by atoms with van der Waals surface area (Å²) in [6, 6.07) is 3.71. The van der Waals surface area contributed by atoms with Crippen molar-refractivity contribution in [2.75, 3.05) is 19.0 Å². The minimum atomic E-state index is -0.989. The van der Waals surface area contributed by atoms with Crippen LogP contribution in [0.5, 0.6) is 0 Å². The number of anilines is 1. The van der Waals surface area contributed by atoms with Crippen LogP contribution in [-0.2, 0) is 6.54 Å². The van der Waals surface area contributed by atoms with Crippen LogP contribution in [0, 0.1) is 0 Å². The molecule has 1 aromatic heterocycles. The number of aromatic nitrogens is 1. The first-order chi connectivity index (χ1) is 8.21. The quantitative estimate of drug-likeness (QED) is 0.896. The van der Waals surface area contributed by atoms with E-state index in [0.29, 0.717) is 5.82 Å². The number of hydrogen-bond donors (Lipinski definition) is 1. The topological polar surface area (TPSA) is 56.7 Å². The molecule has 0 aliphatic heterocycles. The third kappa shape index (κ3) is 3.70. The molecule has 18 heavy (non-hydrogen) atoms.